The molecule has 1 heterocycles. The normalized spacial score (nSPS) is 17.3. The molecule has 0 unspecified atom stereocenters. The van der Waals surface area contributed by atoms with E-state index in [1.54, 1.807) is 26.8 Å². The van der Waals surface area contributed by atoms with E-state index in [2.05, 4.69) is 10.6 Å². The zero-order valence-electron chi connectivity index (χ0n) is 13.6. The topological polar surface area (TPSA) is 95.6 Å². The zero-order chi connectivity index (χ0) is 17.4. The van der Waals surface area contributed by atoms with Crippen molar-refractivity contribution < 1.29 is 18.0 Å². The first-order valence-corrected chi connectivity index (χ1v) is 8.77. The molecule has 1 aliphatic rings. The van der Waals surface area contributed by atoms with Gasteiger partial charge in [0, 0.05) is 18.8 Å². The van der Waals surface area contributed by atoms with Gasteiger partial charge in [0.1, 0.15) is 0 Å². The Hall–Kier alpha value is -1.93. The minimum atomic E-state index is -3.80. The maximum Gasteiger partial charge on any atom is 0.243 e. The van der Waals surface area contributed by atoms with E-state index in [0.717, 1.165) is 4.31 Å². The molecular weight excluding hydrogens is 318 g/mol. The molecule has 0 fully saturated rings. The van der Waals surface area contributed by atoms with Gasteiger partial charge in [-0.2, -0.15) is 4.31 Å². The Bertz CT molecular complexity index is 743. The largest absolute Gasteiger partial charge is 0.353 e. The third-order valence-electron chi connectivity index (χ3n) is 3.66. The molecule has 126 valence electrons. The molecule has 0 spiro atoms. The number of hydrogen-bond donors (Lipinski definition) is 2. The Morgan fingerprint density at radius 3 is 2.65 bits per heavy atom. The molecule has 0 radical (unpaired) electrons. The van der Waals surface area contributed by atoms with Gasteiger partial charge in [0.2, 0.25) is 21.8 Å². The maximum absolute atomic E-state index is 12.6. The lowest BCUT2D eigenvalue weighted by molar-refractivity contribution is -0.121. The fourth-order valence-electron chi connectivity index (χ4n) is 2.39. The quantitative estimate of drug-likeness (QED) is 0.833. The number of amides is 2. The SMILES string of the molecule is CC(C)NC(=O)CN(C)S(=O)(=O)c1ccc2c(c1)[C@@H](C)C(=O)N2. The molecule has 2 N–H and O–H groups in total. The van der Waals surface area contributed by atoms with Crippen LogP contribution in [0.5, 0.6) is 0 Å². The number of fused-ring (bicyclic) bond motifs is 1. The predicted octanol–water partition coefficient (Wildman–Crippen LogP) is 0.887. The average molecular weight is 339 g/mol. The molecule has 23 heavy (non-hydrogen) atoms. The fraction of sp³-hybridized carbons (Fsp3) is 0.467. The van der Waals surface area contributed by atoms with Gasteiger partial charge < -0.3 is 10.6 Å². The molecule has 0 bridgehead atoms. The number of carbonyl (C=O) groups excluding carboxylic acids is 2. The Morgan fingerprint density at radius 1 is 1.39 bits per heavy atom. The summed E-state index contributed by atoms with van der Waals surface area (Å²) in [6.07, 6.45) is 0. The number of benzene rings is 1. The molecule has 0 saturated carbocycles. The monoisotopic (exact) mass is 339 g/mol. The van der Waals surface area contributed by atoms with Crippen molar-refractivity contribution in [3.63, 3.8) is 0 Å². The highest BCUT2D eigenvalue weighted by Crippen LogP contribution is 2.34. The molecule has 1 aromatic rings. The average Bonchev–Trinajstić information content (AvgIpc) is 2.72. The summed E-state index contributed by atoms with van der Waals surface area (Å²) >= 11 is 0. The summed E-state index contributed by atoms with van der Waals surface area (Å²) in [7, 11) is -2.44. The molecule has 1 atom stereocenters. The number of nitrogens with zero attached hydrogens (tertiary/aromatic N) is 1. The zero-order valence-corrected chi connectivity index (χ0v) is 14.4. The molecule has 0 aromatic heterocycles. The smallest absolute Gasteiger partial charge is 0.243 e. The van der Waals surface area contributed by atoms with Gasteiger partial charge in [-0.1, -0.05) is 0 Å². The third kappa shape index (κ3) is 3.53. The van der Waals surface area contributed by atoms with E-state index in [1.165, 1.54) is 19.2 Å². The van der Waals surface area contributed by atoms with Crippen molar-refractivity contribution in [2.45, 2.75) is 37.6 Å². The molecule has 1 aliphatic heterocycles. The van der Waals surface area contributed by atoms with Gasteiger partial charge in [0.15, 0.2) is 0 Å². The molecule has 8 heteroatoms. The van der Waals surface area contributed by atoms with E-state index in [1.807, 2.05) is 0 Å². The number of anilines is 1. The highest BCUT2D eigenvalue weighted by Gasteiger charge is 2.30. The van der Waals surface area contributed by atoms with Crippen LogP contribution in [-0.4, -0.2) is 44.2 Å². The second-order valence-electron chi connectivity index (χ2n) is 5.94. The highest BCUT2D eigenvalue weighted by atomic mass is 32.2. The first-order valence-electron chi connectivity index (χ1n) is 7.33. The van der Waals surface area contributed by atoms with E-state index >= 15 is 0 Å². The Kier molecular flexibility index (Phi) is 4.76. The Balaban J connectivity index is 2.24. The van der Waals surface area contributed by atoms with E-state index in [0.29, 0.717) is 11.3 Å². The van der Waals surface area contributed by atoms with Crippen molar-refractivity contribution in [1.82, 2.24) is 9.62 Å². The van der Waals surface area contributed by atoms with Gasteiger partial charge in [-0.15, -0.1) is 0 Å². The van der Waals surface area contributed by atoms with Crippen LogP contribution in [-0.2, 0) is 19.6 Å². The van der Waals surface area contributed by atoms with Crippen molar-refractivity contribution in [3.8, 4) is 0 Å². The summed E-state index contributed by atoms with van der Waals surface area (Å²) in [5.74, 6) is -0.911. The van der Waals surface area contributed by atoms with Crippen LogP contribution in [0, 0.1) is 0 Å². The summed E-state index contributed by atoms with van der Waals surface area (Å²) < 4.78 is 26.2. The van der Waals surface area contributed by atoms with E-state index in [-0.39, 0.29) is 29.3 Å². The maximum atomic E-state index is 12.6. The second kappa shape index (κ2) is 6.29. The van der Waals surface area contributed by atoms with E-state index in [4.69, 9.17) is 0 Å². The lowest BCUT2D eigenvalue weighted by Gasteiger charge is -2.18. The minimum Gasteiger partial charge on any atom is -0.353 e. The number of rotatable bonds is 5. The van der Waals surface area contributed by atoms with E-state index in [9.17, 15) is 18.0 Å². The van der Waals surface area contributed by atoms with Crippen molar-refractivity contribution in [3.05, 3.63) is 23.8 Å². The predicted molar refractivity (Wildman–Crippen MR) is 86.6 cm³/mol. The van der Waals surface area contributed by atoms with Crippen molar-refractivity contribution in [1.29, 1.82) is 0 Å². The van der Waals surface area contributed by atoms with Crippen LogP contribution < -0.4 is 10.6 Å². The van der Waals surface area contributed by atoms with Crippen LogP contribution in [0.25, 0.3) is 0 Å². The Morgan fingerprint density at radius 2 is 2.04 bits per heavy atom. The van der Waals surface area contributed by atoms with Crippen molar-refractivity contribution >= 4 is 27.5 Å². The number of sulfonamides is 1. The fourth-order valence-corrected chi connectivity index (χ4v) is 3.55. The molecule has 7 nitrogen and oxygen atoms in total. The second-order valence-corrected chi connectivity index (χ2v) is 7.99. The molecule has 0 saturated heterocycles. The number of nitrogens with one attached hydrogen (secondary N) is 2. The number of carbonyl (C=O) groups is 2. The first kappa shape index (κ1) is 17.4. The molecule has 2 rings (SSSR count). The van der Waals surface area contributed by atoms with E-state index < -0.39 is 15.9 Å². The first-order chi connectivity index (χ1) is 10.6. The van der Waals surface area contributed by atoms with Gasteiger partial charge in [-0.3, -0.25) is 9.59 Å². The minimum absolute atomic E-state index is 0.0588. The summed E-state index contributed by atoms with van der Waals surface area (Å²) in [4.78, 5) is 23.5. The molecule has 2 amide bonds. The van der Waals surface area contributed by atoms with Crippen LogP contribution in [0.3, 0.4) is 0 Å². The summed E-state index contributed by atoms with van der Waals surface area (Å²) in [6, 6.07) is 4.44. The van der Waals surface area contributed by atoms with Crippen LogP contribution in [0.2, 0.25) is 0 Å². The molecule has 1 aromatic carbocycles. The van der Waals surface area contributed by atoms with Crippen molar-refractivity contribution in [2.24, 2.45) is 0 Å². The van der Waals surface area contributed by atoms with Crippen LogP contribution in [0.15, 0.2) is 23.1 Å². The molecular formula is C15H21N3O4S. The number of likely N-dealkylation sites (N-methyl/N-ethyl adjacent to an activating group) is 1. The van der Waals surface area contributed by atoms with Gasteiger partial charge in [0.25, 0.3) is 0 Å². The van der Waals surface area contributed by atoms with Gasteiger partial charge in [0.05, 0.1) is 17.4 Å². The van der Waals surface area contributed by atoms with Gasteiger partial charge >= 0.3 is 0 Å². The number of hydrogen-bond acceptors (Lipinski definition) is 4. The summed E-state index contributed by atoms with van der Waals surface area (Å²) in [6.45, 7) is 5.07. The lowest BCUT2D eigenvalue weighted by atomic mass is 10.0. The summed E-state index contributed by atoms with van der Waals surface area (Å²) in [5.41, 5.74) is 1.28. The van der Waals surface area contributed by atoms with Crippen LogP contribution in [0.1, 0.15) is 32.3 Å². The van der Waals surface area contributed by atoms with Crippen molar-refractivity contribution in [2.75, 3.05) is 18.9 Å². The molecule has 0 aliphatic carbocycles. The Labute approximate surface area is 136 Å². The van der Waals surface area contributed by atoms with Gasteiger partial charge in [-0.05, 0) is 44.5 Å². The highest BCUT2D eigenvalue weighted by molar-refractivity contribution is 7.89. The van der Waals surface area contributed by atoms with Crippen LogP contribution >= 0.6 is 0 Å². The summed E-state index contributed by atoms with van der Waals surface area (Å²) in [5, 5.41) is 5.35. The third-order valence-corrected chi connectivity index (χ3v) is 5.46. The van der Waals surface area contributed by atoms with Crippen LogP contribution in [0.4, 0.5) is 5.69 Å². The lowest BCUT2D eigenvalue weighted by Crippen LogP contribution is -2.40. The standard InChI is InChI=1S/C15H21N3O4S/c1-9(2)16-14(19)8-18(4)23(21,22)11-5-6-13-12(7-11)10(3)15(20)17-13/h5-7,9-10H,8H2,1-4H3,(H,16,19)(H,17,20)/t10-/m1/s1. The van der Waals surface area contributed by atoms with Gasteiger partial charge in [-0.25, -0.2) is 8.42 Å².